The van der Waals surface area contributed by atoms with E-state index in [1.165, 1.54) is 18.0 Å². The van der Waals surface area contributed by atoms with Crippen LogP contribution in [-0.2, 0) is 6.42 Å². The lowest BCUT2D eigenvalue weighted by atomic mass is 9.95. The fourth-order valence-corrected chi connectivity index (χ4v) is 4.10. The number of benzene rings is 2. The summed E-state index contributed by atoms with van der Waals surface area (Å²) in [6.07, 6.45) is 4.40. The predicted octanol–water partition coefficient (Wildman–Crippen LogP) is 3.84. The van der Waals surface area contributed by atoms with E-state index in [0.29, 0.717) is 38.0 Å². The normalized spacial score (nSPS) is 11.1. The maximum Gasteiger partial charge on any atom is 0.249 e. The van der Waals surface area contributed by atoms with Crippen molar-refractivity contribution >= 4 is 16.8 Å². The van der Waals surface area contributed by atoms with Gasteiger partial charge in [0.2, 0.25) is 5.91 Å². The number of carbonyl (C=O) groups is 1. The number of nitrogens with two attached hydrogens (primary N) is 1. The molecule has 0 atom stereocenters. The Bertz CT molecular complexity index is 1300. The quantitative estimate of drug-likeness (QED) is 0.360. The zero-order valence-corrected chi connectivity index (χ0v) is 18.1. The van der Waals surface area contributed by atoms with Crippen LogP contribution in [0.3, 0.4) is 0 Å². The lowest BCUT2D eigenvalue weighted by molar-refractivity contribution is -0.604. The van der Waals surface area contributed by atoms with Gasteiger partial charge in [0.05, 0.1) is 22.2 Å². The van der Waals surface area contributed by atoms with Crippen LogP contribution in [0.15, 0.2) is 60.9 Å². The number of aliphatic hydroxyl groups excluding tert-OH is 1. The van der Waals surface area contributed by atoms with Crippen LogP contribution >= 0.6 is 0 Å². The van der Waals surface area contributed by atoms with E-state index in [2.05, 4.69) is 24.3 Å². The van der Waals surface area contributed by atoms with Gasteiger partial charge in [0.1, 0.15) is 0 Å². The van der Waals surface area contributed by atoms with E-state index in [4.69, 9.17) is 15.8 Å². The minimum atomic E-state index is -0.584. The van der Waals surface area contributed by atoms with Crippen molar-refractivity contribution < 1.29 is 14.6 Å². The third kappa shape index (κ3) is 4.05. The molecule has 4 rings (SSSR count). The molecular formula is C26H25N3O3. The molecule has 0 saturated carbocycles. The minimum Gasteiger partial charge on any atom is -0.619 e. The van der Waals surface area contributed by atoms with E-state index < -0.39 is 5.91 Å². The summed E-state index contributed by atoms with van der Waals surface area (Å²) < 4.78 is 0.675. The molecule has 0 aliphatic carbocycles. The molecule has 3 N–H and O–H groups in total. The molecule has 2 heterocycles. The number of nitrogens with zero attached hydrogens (tertiary/aromatic N) is 2. The first-order valence-electron chi connectivity index (χ1n) is 10.5. The van der Waals surface area contributed by atoms with Gasteiger partial charge in [-0.1, -0.05) is 48.5 Å². The van der Waals surface area contributed by atoms with E-state index in [0.717, 1.165) is 29.5 Å². The van der Waals surface area contributed by atoms with Crippen molar-refractivity contribution in [1.29, 1.82) is 0 Å². The number of rotatable bonds is 6. The summed E-state index contributed by atoms with van der Waals surface area (Å²) in [6.45, 7) is 3.79. The summed E-state index contributed by atoms with van der Waals surface area (Å²) in [4.78, 5) is 17.0. The Hall–Kier alpha value is -3.77. The SMILES string of the molecule is Cc1c(-c2ccc(-c3ccc(CCCO)cc3)cc2)nc2c(C)c[n+]([O-])cc2c1C(N)=O. The predicted molar refractivity (Wildman–Crippen MR) is 125 cm³/mol. The van der Waals surface area contributed by atoms with Gasteiger partial charge in [-0.15, -0.1) is 0 Å². The second-order valence-electron chi connectivity index (χ2n) is 7.99. The summed E-state index contributed by atoms with van der Waals surface area (Å²) in [7, 11) is 0. The third-order valence-corrected chi connectivity index (χ3v) is 5.74. The van der Waals surface area contributed by atoms with Crippen molar-refractivity contribution in [2.75, 3.05) is 6.61 Å². The van der Waals surface area contributed by atoms with Crippen molar-refractivity contribution in [2.24, 2.45) is 5.73 Å². The molecule has 1 amide bonds. The number of hydrogen-bond acceptors (Lipinski definition) is 4. The fraction of sp³-hybridized carbons (Fsp3) is 0.192. The molecule has 6 heteroatoms. The lowest BCUT2D eigenvalue weighted by Gasteiger charge is -2.14. The molecule has 0 aliphatic heterocycles. The molecule has 0 unspecified atom stereocenters. The highest BCUT2D eigenvalue weighted by Gasteiger charge is 2.20. The van der Waals surface area contributed by atoms with E-state index in [1.807, 2.05) is 24.3 Å². The molecule has 2 aromatic carbocycles. The highest BCUT2D eigenvalue weighted by Crippen LogP contribution is 2.31. The first-order chi connectivity index (χ1) is 15.4. The molecule has 32 heavy (non-hydrogen) atoms. The van der Waals surface area contributed by atoms with Gasteiger partial charge in [0.25, 0.3) is 0 Å². The Balaban J connectivity index is 1.75. The molecule has 0 fully saturated rings. The number of hydrogen-bond donors (Lipinski definition) is 2. The van der Waals surface area contributed by atoms with Crippen LogP contribution < -0.4 is 10.5 Å². The standard InChI is InChI=1S/C26H25N3O3/c1-16-14-29(32)15-22-23(26(27)31)17(2)25(28-24(16)22)21-11-9-20(10-12-21)19-7-5-18(6-8-19)4-3-13-30/h5-12,14-15,30H,3-4,13H2,1-2H3,(H2,27,31). The summed E-state index contributed by atoms with van der Waals surface area (Å²) in [6, 6.07) is 16.3. The molecule has 0 aliphatic rings. The number of aryl methyl sites for hydroxylation is 2. The molecular weight excluding hydrogens is 402 g/mol. The molecule has 2 aromatic heterocycles. The number of amides is 1. The molecule has 0 spiro atoms. The number of aromatic nitrogens is 2. The second-order valence-corrected chi connectivity index (χ2v) is 7.99. The average Bonchev–Trinajstić information content (AvgIpc) is 2.77. The summed E-state index contributed by atoms with van der Waals surface area (Å²) in [5.41, 5.74) is 12.8. The number of primary amides is 1. The van der Waals surface area contributed by atoms with Crippen LogP contribution in [0.1, 0.15) is 33.5 Å². The van der Waals surface area contributed by atoms with Crippen LogP contribution in [0.5, 0.6) is 0 Å². The maximum absolute atomic E-state index is 12.2. The van der Waals surface area contributed by atoms with E-state index >= 15 is 0 Å². The van der Waals surface area contributed by atoms with Crippen LogP contribution in [0, 0.1) is 19.1 Å². The van der Waals surface area contributed by atoms with Crippen molar-refractivity contribution in [3.05, 3.63) is 88.4 Å². The Kier molecular flexibility index (Phi) is 5.88. The van der Waals surface area contributed by atoms with E-state index in [-0.39, 0.29) is 6.61 Å². The van der Waals surface area contributed by atoms with Crippen molar-refractivity contribution in [1.82, 2.24) is 4.98 Å². The highest BCUT2D eigenvalue weighted by molar-refractivity contribution is 6.08. The number of aliphatic hydroxyl groups is 1. The van der Waals surface area contributed by atoms with Gasteiger partial charge in [-0.05, 0) is 48.9 Å². The monoisotopic (exact) mass is 427 g/mol. The summed E-state index contributed by atoms with van der Waals surface area (Å²) in [5, 5.41) is 21.4. The zero-order chi connectivity index (χ0) is 22.8. The van der Waals surface area contributed by atoms with Gasteiger partial charge in [-0.2, -0.15) is 4.73 Å². The first-order valence-corrected chi connectivity index (χ1v) is 10.5. The van der Waals surface area contributed by atoms with Crippen LogP contribution in [-0.4, -0.2) is 22.6 Å². The summed E-state index contributed by atoms with van der Waals surface area (Å²) in [5.74, 6) is -0.584. The first kappa shape index (κ1) is 21.5. The Morgan fingerprint density at radius 3 is 2.19 bits per heavy atom. The highest BCUT2D eigenvalue weighted by atomic mass is 16.5. The van der Waals surface area contributed by atoms with Gasteiger partial charge in [-0.3, -0.25) is 4.79 Å². The minimum absolute atomic E-state index is 0.194. The molecule has 6 nitrogen and oxygen atoms in total. The third-order valence-electron chi connectivity index (χ3n) is 5.74. The van der Waals surface area contributed by atoms with Crippen molar-refractivity contribution in [3.8, 4) is 22.4 Å². The number of carbonyl (C=O) groups excluding carboxylic acids is 1. The molecule has 162 valence electrons. The van der Waals surface area contributed by atoms with E-state index in [9.17, 15) is 10.0 Å². The van der Waals surface area contributed by atoms with Gasteiger partial charge < -0.3 is 16.0 Å². The zero-order valence-electron chi connectivity index (χ0n) is 18.1. The average molecular weight is 428 g/mol. The maximum atomic E-state index is 12.2. The second kappa shape index (κ2) is 8.77. The number of fused-ring (bicyclic) bond motifs is 1. The van der Waals surface area contributed by atoms with Gasteiger partial charge in [0, 0.05) is 17.7 Å². The smallest absolute Gasteiger partial charge is 0.249 e. The van der Waals surface area contributed by atoms with Crippen LogP contribution in [0.2, 0.25) is 0 Å². The molecule has 4 aromatic rings. The van der Waals surface area contributed by atoms with Gasteiger partial charge >= 0.3 is 0 Å². The Labute approximate surface area is 186 Å². The molecule has 0 saturated heterocycles. The van der Waals surface area contributed by atoms with Crippen LogP contribution in [0.25, 0.3) is 33.3 Å². The Morgan fingerprint density at radius 2 is 1.59 bits per heavy atom. The van der Waals surface area contributed by atoms with Gasteiger partial charge in [0.15, 0.2) is 12.4 Å². The van der Waals surface area contributed by atoms with E-state index in [1.54, 1.807) is 13.8 Å². The molecule has 0 radical (unpaired) electrons. The molecule has 0 bridgehead atoms. The largest absolute Gasteiger partial charge is 0.619 e. The lowest BCUT2D eigenvalue weighted by Crippen LogP contribution is -2.26. The van der Waals surface area contributed by atoms with Crippen molar-refractivity contribution in [3.63, 3.8) is 0 Å². The topological polar surface area (TPSA) is 103 Å². The van der Waals surface area contributed by atoms with Crippen molar-refractivity contribution in [2.45, 2.75) is 26.7 Å². The van der Waals surface area contributed by atoms with Crippen LogP contribution in [0.4, 0.5) is 0 Å². The summed E-state index contributed by atoms with van der Waals surface area (Å²) >= 11 is 0. The van der Waals surface area contributed by atoms with Gasteiger partial charge in [-0.25, -0.2) is 4.98 Å². The Morgan fingerprint density at radius 1 is 1.00 bits per heavy atom. The fourth-order valence-electron chi connectivity index (χ4n) is 4.10. The number of pyridine rings is 2.